The largest absolute Gasteiger partial charge is 0.467 e. The summed E-state index contributed by atoms with van der Waals surface area (Å²) in [5, 5.41) is 10.7. The minimum atomic E-state index is -2.05. The average molecular weight is 377 g/mol. The highest BCUT2D eigenvalue weighted by atomic mass is 16.6. The summed E-state index contributed by atoms with van der Waals surface area (Å²) in [5.74, 6) is -2.63. The van der Waals surface area contributed by atoms with Gasteiger partial charge >= 0.3 is 12.1 Å². The van der Waals surface area contributed by atoms with Crippen molar-refractivity contribution in [3.8, 4) is 0 Å². The number of amides is 2. The molecular formula is C20H27NO6. The number of rotatable bonds is 7. The van der Waals surface area contributed by atoms with Gasteiger partial charge in [-0.15, -0.1) is 0 Å². The molecule has 0 saturated carbocycles. The number of nitrogens with zero attached hydrogens (tertiary/aromatic N) is 1. The summed E-state index contributed by atoms with van der Waals surface area (Å²) < 4.78 is 9.76. The lowest BCUT2D eigenvalue weighted by Gasteiger charge is -2.33. The van der Waals surface area contributed by atoms with Crippen LogP contribution >= 0.6 is 0 Å². The van der Waals surface area contributed by atoms with E-state index in [1.165, 1.54) is 6.92 Å². The summed E-state index contributed by atoms with van der Waals surface area (Å²) in [7, 11) is 1.15. The first kappa shape index (κ1) is 20.9. The molecule has 1 saturated heterocycles. The van der Waals surface area contributed by atoms with Gasteiger partial charge in [0.2, 0.25) is 5.91 Å². The predicted octanol–water partition coefficient (Wildman–Crippen LogP) is 2.16. The molecule has 1 fully saturated rings. The number of carbonyl (C=O) groups is 3. The van der Waals surface area contributed by atoms with Gasteiger partial charge in [0.15, 0.2) is 5.60 Å². The van der Waals surface area contributed by atoms with Crippen LogP contribution in [0.25, 0.3) is 0 Å². The number of carbonyl (C=O) groups excluding carboxylic acids is 3. The first-order valence-corrected chi connectivity index (χ1v) is 9.03. The highest BCUT2D eigenvalue weighted by molar-refractivity contribution is 5.98. The van der Waals surface area contributed by atoms with Crippen LogP contribution in [0.1, 0.15) is 32.8 Å². The molecule has 7 nitrogen and oxygen atoms in total. The third-order valence-corrected chi connectivity index (χ3v) is 4.80. The van der Waals surface area contributed by atoms with Gasteiger partial charge in [0.25, 0.3) is 0 Å². The van der Waals surface area contributed by atoms with Crippen LogP contribution in [0.4, 0.5) is 4.79 Å². The second-order valence-corrected chi connectivity index (χ2v) is 7.45. The SMILES string of the molecule is COC(=O)C(C)(O)[C@@H](CC(C)C)C(=O)N1C(=O)OC[C@@H]1Cc1ccccc1. The zero-order valence-corrected chi connectivity index (χ0v) is 16.2. The van der Waals surface area contributed by atoms with Gasteiger partial charge in [-0.3, -0.25) is 4.79 Å². The van der Waals surface area contributed by atoms with E-state index < -0.39 is 35.5 Å². The second kappa shape index (κ2) is 8.52. The van der Waals surface area contributed by atoms with E-state index in [4.69, 9.17) is 4.74 Å². The van der Waals surface area contributed by atoms with Crippen molar-refractivity contribution in [1.82, 2.24) is 4.90 Å². The third-order valence-electron chi connectivity index (χ3n) is 4.80. The molecular weight excluding hydrogens is 350 g/mol. The molecule has 1 aliphatic heterocycles. The molecule has 2 amide bonds. The van der Waals surface area contributed by atoms with Crippen LogP contribution in [-0.4, -0.2) is 53.3 Å². The lowest BCUT2D eigenvalue weighted by Crippen LogP contribution is -2.54. The van der Waals surface area contributed by atoms with Crippen LogP contribution in [0.15, 0.2) is 30.3 Å². The van der Waals surface area contributed by atoms with Crippen molar-refractivity contribution in [2.75, 3.05) is 13.7 Å². The summed E-state index contributed by atoms with van der Waals surface area (Å²) in [4.78, 5) is 38.6. The number of esters is 1. The molecule has 1 heterocycles. The van der Waals surface area contributed by atoms with Crippen LogP contribution in [0.2, 0.25) is 0 Å². The lowest BCUT2D eigenvalue weighted by molar-refractivity contribution is -0.172. The van der Waals surface area contributed by atoms with E-state index >= 15 is 0 Å². The Labute approximate surface area is 159 Å². The van der Waals surface area contributed by atoms with Crippen LogP contribution < -0.4 is 0 Å². The van der Waals surface area contributed by atoms with Crippen molar-refractivity contribution in [2.45, 2.75) is 45.3 Å². The minimum Gasteiger partial charge on any atom is -0.467 e. The van der Waals surface area contributed by atoms with Gasteiger partial charge in [0.1, 0.15) is 6.61 Å². The Hall–Kier alpha value is -2.41. The number of hydrogen-bond acceptors (Lipinski definition) is 6. The Morgan fingerprint density at radius 1 is 1.33 bits per heavy atom. The van der Waals surface area contributed by atoms with Gasteiger partial charge in [0.05, 0.1) is 19.1 Å². The molecule has 0 aromatic heterocycles. The fraction of sp³-hybridized carbons (Fsp3) is 0.550. The van der Waals surface area contributed by atoms with E-state index in [0.29, 0.717) is 6.42 Å². The van der Waals surface area contributed by atoms with Crippen LogP contribution in [0.5, 0.6) is 0 Å². The molecule has 1 aliphatic rings. The van der Waals surface area contributed by atoms with E-state index in [-0.39, 0.29) is 18.9 Å². The fourth-order valence-corrected chi connectivity index (χ4v) is 3.33. The smallest absolute Gasteiger partial charge is 0.416 e. The monoisotopic (exact) mass is 377 g/mol. The van der Waals surface area contributed by atoms with Gasteiger partial charge in [-0.05, 0) is 31.2 Å². The molecule has 1 N–H and O–H groups in total. The predicted molar refractivity (Wildman–Crippen MR) is 97.7 cm³/mol. The lowest BCUT2D eigenvalue weighted by atomic mass is 9.81. The number of methoxy groups -OCH3 is 1. The fourth-order valence-electron chi connectivity index (χ4n) is 3.33. The average Bonchev–Trinajstić information content (AvgIpc) is 2.99. The minimum absolute atomic E-state index is 0.0151. The number of imide groups is 1. The zero-order chi connectivity index (χ0) is 20.2. The number of ether oxygens (including phenoxy) is 2. The van der Waals surface area contributed by atoms with Crippen molar-refractivity contribution in [2.24, 2.45) is 11.8 Å². The maximum absolute atomic E-state index is 13.2. The topological polar surface area (TPSA) is 93.1 Å². The maximum Gasteiger partial charge on any atom is 0.416 e. The molecule has 2 rings (SSSR count). The zero-order valence-electron chi connectivity index (χ0n) is 16.2. The van der Waals surface area contributed by atoms with E-state index in [1.807, 2.05) is 44.2 Å². The Morgan fingerprint density at radius 2 is 1.96 bits per heavy atom. The Bertz CT molecular complexity index is 685. The number of benzene rings is 1. The van der Waals surface area contributed by atoms with E-state index in [9.17, 15) is 19.5 Å². The number of aliphatic hydroxyl groups is 1. The summed E-state index contributed by atoms with van der Waals surface area (Å²) >= 11 is 0. The van der Waals surface area contributed by atoms with Gasteiger partial charge in [0, 0.05) is 0 Å². The normalized spacial score (nSPS) is 20.1. The van der Waals surface area contributed by atoms with Crippen LogP contribution in [-0.2, 0) is 25.5 Å². The summed E-state index contributed by atoms with van der Waals surface area (Å²) in [6, 6.07) is 8.96. The summed E-state index contributed by atoms with van der Waals surface area (Å²) in [5.41, 5.74) is -1.09. The molecule has 0 aliphatic carbocycles. The summed E-state index contributed by atoms with van der Waals surface area (Å²) in [6.07, 6.45) is -0.0917. The second-order valence-electron chi connectivity index (χ2n) is 7.45. The molecule has 3 atom stereocenters. The highest BCUT2D eigenvalue weighted by Crippen LogP contribution is 2.30. The van der Waals surface area contributed by atoms with E-state index in [1.54, 1.807) is 0 Å². The standard InChI is InChI=1S/C20H27NO6/c1-13(2)10-16(20(3,25)18(23)26-4)17(22)21-15(12-27-19(21)24)11-14-8-6-5-7-9-14/h5-9,13,15-16,25H,10-12H2,1-4H3/t15-,16-,20?/m0/s1. The van der Waals surface area contributed by atoms with Crippen molar-refractivity contribution >= 4 is 18.0 Å². The van der Waals surface area contributed by atoms with Crippen LogP contribution in [0.3, 0.4) is 0 Å². The first-order valence-electron chi connectivity index (χ1n) is 9.03. The van der Waals surface area contributed by atoms with Crippen molar-refractivity contribution in [3.63, 3.8) is 0 Å². The van der Waals surface area contributed by atoms with Crippen molar-refractivity contribution in [3.05, 3.63) is 35.9 Å². The maximum atomic E-state index is 13.2. The molecule has 0 spiro atoms. The molecule has 0 bridgehead atoms. The quantitative estimate of drug-likeness (QED) is 0.732. The van der Waals surface area contributed by atoms with Crippen molar-refractivity contribution in [1.29, 1.82) is 0 Å². The molecule has 148 valence electrons. The van der Waals surface area contributed by atoms with E-state index in [2.05, 4.69) is 4.74 Å². The molecule has 1 aromatic carbocycles. The number of cyclic esters (lactones) is 1. The third kappa shape index (κ3) is 4.66. The number of hydrogen-bond donors (Lipinski definition) is 1. The van der Waals surface area contributed by atoms with Gasteiger partial charge in [-0.1, -0.05) is 44.2 Å². The van der Waals surface area contributed by atoms with Crippen LogP contribution in [0, 0.1) is 11.8 Å². The van der Waals surface area contributed by atoms with E-state index in [0.717, 1.165) is 17.6 Å². The highest BCUT2D eigenvalue weighted by Gasteiger charge is 2.50. The molecule has 1 unspecified atom stereocenters. The molecule has 27 heavy (non-hydrogen) atoms. The van der Waals surface area contributed by atoms with Crippen molar-refractivity contribution < 1.29 is 29.0 Å². The van der Waals surface area contributed by atoms with Gasteiger partial charge in [-0.2, -0.15) is 0 Å². The molecule has 7 heteroatoms. The molecule has 1 aromatic rings. The Morgan fingerprint density at radius 3 is 2.52 bits per heavy atom. The summed E-state index contributed by atoms with van der Waals surface area (Å²) in [6.45, 7) is 5.07. The Balaban J connectivity index is 2.30. The first-order chi connectivity index (χ1) is 12.7. The Kier molecular flexibility index (Phi) is 6.59. The van der Waals surface area contributed by atoms with Gasteiger partial charge in [-0.25, -0.2) is 14.5 Å². The molecule has 0 radical (unpaired) electrons. The van der Waals surface area contributed by atoms with Gasteiger partial charge < -0.3 is 14.6 Å².